The van der Waals surface area contributed by atoms with Crippen molar-refractivity contribution in [2.75, 3.05) is 20.8 Å². The van der Waals surface area contributed by atoms with Crippen molar-refractivity contribution in [2.24, 2.45) is 7.05 Å². The quantitative estimate of drug-likeness (QED) is 0.670. The average molecular weight is 391 g/mol. The fraction of sp³-hybridized carbons (Fsp3) is 0.304. The van der Waals surface area contributed by atoms with Crippen molar-refractivity contribution in [2.45, 2.75) is 18.9 Å². The van der Waals surface area contributed by atoms with E-state index in [9.17, 15) is 4.79 Å². The second-order valence-corrected chi connectivity index (χ2v) is 7.34. The van der Waals surface area contributed by atoms with E-state index in [2.05, 4.69) is 23.3 Å². The topological polar surface area (TPSA) is 56.6 Å². The predicted octanol–water partition coefficient (Wildman–Crippen LogP) is 3.15. The van der Waals surface area contributed by atoms with Gasteiger partial charge in [0, 0.05) is 32.3 Å². The predicted molar refractivity (Wildman–Crippen MR) is 110 cm³/mol. The highest BCUT2D eigenvalue weighted by Gasteiger charge is 2.29. The maximum Gasteiger partial charge on any atom is 0.227 e. The van der Waals surface area contributed by atoms with Crippen LogP contribution in [-0.4, -0.2) is 41.4 Å². The minimum atomic E-state index is 0.0978. The molecule has 0 fully saturated rings. The van der Waals surface area contributed by atoms with Crippen LogP contribution >= 0.6 is 0 Å². The standard InChI is InChI=1S/C23H25N3O3/c1-25-13-18(12-24-25)20-15-26(14-17-6-4-5-7-19(17)20)23(27)11-16-8-9-21(28-2)22(10-16)29-3/h4-10,12-13,20H,11,14-15H2,1-3H3/t20-/m0/s1. The van der Waals surface area contributed by atoms with Gasteiger partial charge >= 0.3 is 0 Å². The van der Waals surface area contributed by atoms with Crippen LogP contribution in [0.3, 0.4) is 0 Å². The van der Waals surface area contributed by atoms with Crippen molar-refractivity contribution < 1.29 is 14.3 Å². The van der Waals surface area contributed by atoms with E-state index in [-0.39, 0.29) is 11.8 Å². The Balaban J connectivity index is 1.58. The summed E-state index contributed by atoms with van der Waals surface area (Å²) in [6, 6.07) is 14.0. The molecule has 1 atom stereocenters. The van der Waals surface area contributed by atoms with Crippen LogP contribution in [0.1, 0.15) is 28.2 Å². The highest BCUT2D eigenvalue weighted by molar-refractivity contribution is 5.79. The largest absolute Gasteiger partial charge is 0.493 e. The molecule has 1 aliphatic rings. The van der Waals surface area contributed by atoms with Gasteiger partial charge in [-0.1, -0.05) is 30.3 Å². The summed E-state index contributed by atoms with van der Waals surface area (Å²) in [5.74, 6) is 1.52. The molecule has 0 radical (unpaired) electrons. The Kier molecular flexibility index (Phi) is 5.25. The lowest BCUT2D eigenvalue weighted by Gasteiger charge is -2.34. The first-order valence-electron chi connectivity index (χ1n) is 9.64. The first kappa shape index (κ1) is 19.1. The zero-order chi connectivity index (χ0) is 20.4. The molecule has 0 saturated heterocycles. The van der Waals surface area contributed by atoms with Crippen LogP contribution in [0.4, 0.5) is 0 Å². The fourth-order valence-corrected chi connectivity index (χ4v) is 3.98. The molecule has 3 aromatic rings. The summed E-state index contributed by atoms with van der Waals surface area (Å²) in [4.78, 5) is 15.1. The molecule has 1 amide bonds. The van der Waals surface area contributed by atoms with E-state index in [1.165, 1.54) is 11.1 Å². The van der Waals surface area contributed by atoms with Gasteiger partial charge in [-0.25, -0.2) is 0 Å². The highest BCUT2D eigenvalue weighted by atomic mass is 16.5. The summed E-state index contributed by atoms with van der Waals surface area (Å²) in [6.45, 7) is 1.27. The average Bonchev–Trinajstić information content (AvgIpc) is 3.18. The lowest BCUT2D eigenvalue weighted by Crippen LogP contribution is -2.39. The van der Waals surface area contributed by atoms with Gasteiger partial charge in [-0.3, -0.25) is 9.48 Å². The Labute approximate surface area is 170 Å². The number of nitrogens with zero attached hydrogens (tertiary/aromatic N) is 3. The van der Waals surface area contributed by atoms with Gasteiger partial charge in [0.25, 0.3) is 0 Å². The molecule has 0 N–H and O–H groups in total. The van der Waals surface area contributed by atoms with Crippen LogP contribution in [0, 0.1) is 0 Å². The molecular formula is C23H25N3O3. The second-order valence-electron chi connectivity index (χ2n) is 7.34. The van der Waals surface area contributed by atoms with Crippen molar-refractivity contribution >= 4 is 5.91 Å². The molecular weight excluding hydrogens is 366 g/mol. The van der Waals surface area contributed by atoms with Crippen LogP contribution in [-0.2, 0) is 24.8 Å². The highest BCUT2D eigenvalue weighted by Crippen LogP contribution is 2.34. The van der Waals surface area contributed by atoms with Gasteiger partial charge in [-0.2, -0.15) is 5.10 Å². The smallest absolute Gasteiger partial charge is 0.227 e. The monoisotopic (exact) mass is 391 g/mol. The Morgan fingerprint density at radius 3 is 2.66 bits per heavy atom. The molecule has 150 valence electrons. The van der Waals surface area contributed by atoms with Crippen molar-refractivity contribution in [1.29, 1.82) is 0 Å². The number of amides is 1. The Morgan fingerprint density at radius 2 is 1.93 bits per heavy atom. The third-order valence-corrected chi connectivity index (χ3v) is 5.48. The van der Waals surface area contributed by atoms with E-state index >= 15 is 0 Å². The Morgan fingerprint density at radius 1 is 1.14 bits per heavy atom. The number of ether oxygens (including phenoxy) is 2. The minimum absolute atomic E-state index is 0.0978. The van der Waals surface area contributed by atoms with Crippen LogP contribution in [0.2, 0.25) is 0 Å². The van der Waals surface area contributed by atoms with E-state index in [0.29, 0.717) is 31.0 Å². The Hall–Kier alpha value is -3.28. The summed E-state index contributed by atoms with van der Waals surface area (Å²) < 4.78 is 12.5. The second kappa shape index (κ2) is 7.99. The number of fused-ring (bicyclic) bond motifs is 1. The summed E-state index contributed by atoms with van der Waals surface area (Å²) in [5.41, 5.74) is 4.50. The fourth-order valence-electron chi connectivity index (χ4n) is 3.98. The molecule has 0 saturated carbocycles. The van der Waals surface area contributed by atoms with Crippen molar-refractivity contribution in [3.8, 4) is 11.5 Å². The van der Waals surface area contributed by atoms with Gasteiger partial charge in [0.15, 0.2) is 11.5 Å². The molecule has 2 heterocycles. The normalized spacial score (nSPS) is 15.7. The van der Waals surface area contributed by atoms with Gasteiger partial charge in [0.1, 0.15) is 0 Å². The van der Waals surface area contributed by atoms with Gasteiger partial charge in [0.2, 0.25) is 5.91 Å². The van der Waals surface area contributed by atoms with E-state index in [1.807, 2.05) is 53.3 Å². The SMILES string of the molecule is COc1ccc(CC(=O)N2Cc3ccccc3[C@H](c3cnn(C)c3)C2)cc1OC. The first-order chi connectivity index (χ1) is 14.1. The zero-order valence-electron chi connectivity index (χ0n) is 17.0. The maximum absolute atomic E-state index is 13.1. The van der Waals surface area contributed by atoms with E-state index in [0.717, 1.165) is 11.1 Å². The number of methoxy groups -OCH3 is 2. The van der Waals surface area contributed by atoms with Crippen molar-refractivity contribution in [3.05, 3.63) is 77.1 Å². The molecule has 6 heteroatoms. The third-order valence-electron chi connectivity index (χ3n) is 5.48. The summed E-state index contributed by atoms with van der Waals surface area (Å²) in [6.07, 6.45) is 4.25. The minimum Gasteiger partial charge on any atom is -0.493 e. The molecule has 29 heavy (non-hydrogen) atoms. The summed E-state index contributed by atoms with van der Waals surface area (Å²) in [5, 5.41) is 4.33. The number of carbonyl (C=O) groups is 1. The lowest BCUT2D eigenvalue weighted by atomic mass is 9.86. The van der Waals surface area contributed by atoms with Crippen LogP contribution < -0.4 is 9.47 Å². The van der Waals surface area contributed by atoms with E-state index in [4.69, 9.17) is 9.47 Å². The molecule has 2 aromatic carbocycles. The maximum atomic E-state index is 13.1. The summed E-state index contributed by atoms with van der Waals surface area (Å²) >= 11 is 0. The third kappa shape index (κ3) is 3.83. The molecule has 0 unspecified atom stereocenters. The molecule has 0 aliphatic carbocycles. The molecule has 6 nitrogen and oxygen atoms in total. The molecule has 1 aliphatic heterocycles. The number of aryl methyl sites for hydroxylation is 1. The molecule has 1 aromatic heterocycles. The number of benzene rings is 2. The molecule has 4 rings (SSSR count). The first-order valence-corrected chi connectivity index (χ1v) is 9.64. The number of aromatic nitrogens is 2. The Bertz CT molecular complexity index is 1030. The molecule has 0 bridgehead atoms. The number of rotatable bonds is 5. The molecule has 0 spiro atoms. The zero-order valence-corrected chi connectivity index (χ0v) is 17.0. The van der Waals surface area contributed by atoms with Gasteiger partial charge in [-0.05, 0) is 34.4 Å². The van der Waals surface area contributed by atoms with Crippen molar-refractivity contribution in [3.63, 3.8) is 0 Å². The van der Waals surface area contributed by atoms with Crippen LogP contribution in [0.5, 0.6) is 11.5 Å². The van der Waals surface area contributed by atoms with E-state index in [1.54, 1.807) is 14.2 Å². The van der Waals surface area contributed by atoms with Crippen LogP contribution in [0.15, 0.2) is 54.9 Å². The van der Waals surface area contributed by atoms with Crippen LogP contribution in [0.25, 0.3) is 0 Å². The van der Waals surface area contributed by atoms with Gasteiger partial charge < -0.3 is 14.4 Å². The van der Waals surface area contributed by atoms with Crippen molar-refractivity contribution in [1.82, 2.24) is 14.7 Å². The number of hydrogen-bond acceptors (Lipinski definition) is 4. The van der Waals surface area contributed by atoms with Gasteiger partial charge in [0.05, 0.1) is 26.8 Å². The van der Waals surface area contributed by atoms with E-state index < -0.39 is 0 Å². The number of hydrogen-bond donors (Lipinski definition) is 0. The lowest BCUT2D eigenvalue weighted by molar-refractivity contribution is -0.131. The number of carbonyl (C=O) groups excluding carboxylic acids is 1. The van der Waals surface area contributed by atoms with Gasteiger partial charge in [-0.15, -0.1) is 0 Å². The summed E-state index contributed by atoms with van der Waals surface area (Å²) in [7, 11) is 5.12.